The van der Waals surface area contributed by atoms with Crippen LogP contribution in [0, 0.1) is 0 Å². The van der Waals surface area contributed by atoms with Crippen molar-refractivity contribution in [1.29, 1.82) is 0 Å². The molecule has 0 unspecified atom stereocenters. The Morgan fingerprint density at radius 2 is 1.84 bits per heavy atom. The lowest BCUT2D eigenvalue weighted by Crippen LogP contribution is -2.46. The van der Waals surface area contributed by atoms with E-state index in [1.807, 2.05) is 6.20 Å². The number of piperazine rings is 1. The van der Waals surface area contributed by atoms with Crippen LogP contribution < -0.4 is 0 Å². The van der Waals surface area contributed by atoms with E-state index in [9.17, 15) is 0 Å². The molecule has 1 fully saturated rings. The summed E-state index contributed by atoms with van der Waals surface area (Å²) in [4.78, 5) is 9.01. The van der Waals surface area contributed by atoms with Gasteiger partial charge in [-0.1, -0.05) is 20.8 Å². The zero-order valence-electron chi connectivity index (χ0n) is 12.2. The molecule has 0 radical (unpaired) electrons. The number of β-amino-alcohol motifs (C(OH)–C–C–N with tert-alkyl or cyclic N) is 1. The zero-order chi connectivity index (χ0) is 13.9. The van der Waals surface area contributed by atoms with Gasteiger partial charge in [-0.15, -0.1) is 0 Å². The summed E-state index contributed by atoms with van der Waals surface area (Å²) in [6.07, 6.45) is 1.84. The number of hydrogen-bond acceptors (Lipinski definition) is 5. The molecule has 0 spiro atoms. The number of hydrogen-bond donors (Lipinski definition) is 1. The van der Waals surface area contributed by atoms with Crippen LogP contribution in [0.3, 0.4) is 0 Å². The number of nitrogens with zero attached hydrogens (tertiary/aromatic N) is 3. The smallest absolute Gasteiger partial charge is 0.208 e. The van der Waals surface area contributed by atoms with Crippen molar-refractivity contribution >= 4 is 0 Å². The summed E-state index contributed by atoms with van der Waals surface area (Å²) in [6.45, 7) is 12.2. The highest BCUT2D eigenvalue weighted by molar-refractivity contribution is 5.06. The fourth-order valence-corrected chi connectivity index (χ4v) is 2.23. The Hall–Kier alpha value is -0.910. The Labute approximate surface area is 115 Å². The van der Waals surface area contributed by atoms with Gasteiger partial charge in [0.1, 0.15) is 5.76 Å². The highest BCUT2D eigenvalue weighted by Crippen LogP contribution is 2.23. The van der Waals surface area contributed by atoms with Gasteiger partial charge in [0.15, 0.2) is 0 Å². The van der Waals surface area contributed by atoms with Crippen molar-refractivity contribution in [2.24, 2.45) is 0 Å². The van der Waals surface area contributed by atoms with Crippen molar-refractivity contribution in [3.05, 3.63) is 17.8 Å². The molecule has 5 heteroatoms. The van der Waals surface area contributed by atoms with Gasteiger partial charge in [-0.25, -0.2) is 4.98 Å². The van der Waals surface area contributed by atoms with Crippen LogP contribution in [0.1, 0.15) is 32.4 Å². The van der Waals surface area contributed by atoms with Gasteiger partial charge >= 0.3 is 0 Å². The maximum Gasteiger partial charge on any atom is 0.208 e. The molecule has 0 amide bonds. The first kappa shape index (κ1) is 14.5. The average Bonchev–Trinajstić information content (AvgIpc) is 2.80. The van der Waals surface area contributed by atoms with Crippen molar-refractivity contribution in [3.63, 3.8) is 0 Å². The Bertz CT molecular complexity index is 390. The van der Waals surface area contributed by atoms with E-state index in [4.69, 9.17) is 9.52 Å². The lowest BCUT2D eigenvalue weighted by atomic mass is 9.94. The number of aliphatic hydroxyl groups excluding tert-OH is 1. The van der Waals surface area contributed by atoms with E-state index in [-0.39, 0.29) is 12.0 Å². The van der Waals surface area contributed by atoms with Gasteiger partial charge in [0.05, 0.1) is 19.3 Å². The summed E-state index contributed by atoms with van der Waals surface area (Å²) in [5.74, 6) is 1.75. The van der Waals surface area contributed by atoms with Crippen LogP contribution in [-0.2, 0) is 12.0 Å². The molecule has 1 saturated heterocycles. The summed E-state index contributed by atoms with van der Waals surface area (Å²) in [5, 5.41) is 8.92. The van der Waals surface area contributed by atoms with Gasteiger partial charge in [0.25, 0.3) is 0 Å². The molecule has 2 heterocycles. The molecule has 1 aromatic rings. The van der Waals surface area contributed by atoms with Gasteiger partial charge in [-0.3, -0.25) is 9.80 Å². The van der Waals surface area contributed by atoms with Crippen LogP contribution >= 0.6 is 0 Å². The minimum Gasteiger partial charge on any atom is -0.444 e. The summed E-state index contributed by atoms with van der Waals surface area (Å²) in [7, 11) is 0. The zero-order valence-corrected chi connectivity index (χ0v) is 12.2. The third-order valence-electron chi connectivity index (χ3n) is 3.53. The quantitative estimate of drug-likeness (QED) is 0.885. The van der Waals surface area contributed by atoms with Crippen LogP contribution in [-0.4, -0.2) is 59.2 Å². The van der Waals surface area contributed by atoms with E-state index in [0.717, 1.165) is 50.9 Å². The normalized spacial score (nSPS) is 18.9. The van der Waals surface area contributed by atoms with Gasteiger partial charge < -0.3 is 9.52 Å². The van der Waals surface area contributed by atoms with Crippen LogP contribution in [0.15, 0.2) is 10.6 Å². The Morgan fingerprint density at radius 3 is 2.37 bits per heavy atom. The van der Waals surface area contributed by atoms with E-state index < -0.39 is 0 Å². The molecular formula is C14H25N3O2. The maximum absolute atomic E-state index is 8.92. The second-order valence-corrected chi connectivity index (χ2v) is 6.21. The molecule has 1 N–H and O–H groups in total. The molecule has 0 bridgehead atoms. The summed E-state index contributed by atoms with van der Waals surface area (Å²) >= 11 is 0. The molecule has 2 rings (SSSR count). The van der Waals surface area contributed by atoms with Crippen molar-refractivity contribution < 1.29 is 9.52 Å². The highest BCUT2D eigenvalue weighted by Gasteiger charge is 2.21. The Kier molecular flexibility index (Phi) is 4.60. The van der Waals surface area contributed by atoms with Gasteiger partial charge in [0, 0.05) is 38.1 Å². The predicted octanol–water partition coefficient (Wildman–Crippen LogP) is 1.08. The highest BCUT2D eigenvalue weighted by atomic mass is 16.4. The average molecular weight is 267 g/mol. The molecular weight excluding hydrogens is 242 g/mol. The van der Waals surface area contributed by atoms with Gasteiger partial charge in [-0.05, 0) is 0 Å². The Balaban J connectivity index is 1.84. The molecule has 0 saturated carbocycles. The van der Waals surface area contributed by atoms with E-state index in [1.54, 1.807) is 0 Å². The molecule has 0 aromatic carbocycles. The monoisotopic (exact) mass is 267 g/mol. The van der Waals surface area contributed by atoms with Crippen LogP contribution in [0.4, 0.5) is 0 Å². The van der Waals surface area contributed by atoms with Gasteiger partial charge in [0.2, 0.25) is 5.89 Å². The summed E-state index contributed by atoms with van der Waals surface area (Å²) in [5.41, 5.74) is 0.0189. The van der Waals surface area contributed by atoms with E-state index in [2.05, 4.69) is 35.6 Å². The standard InChI is InChI=1S/C14H25N3O2/c1-14(2,3)12-10-15-13(19-12)11-17-6-4-16(5-7-17)8-9-18/h10,18H,4-9,11H2,1-3H3. The summed E-state index contributed by atoms with van der Waals surface area (Å²) in [6, 6.07) is 0. The van der Waals surface area contributed by atoms with Crippen LogP contribution in [0.2, 0.25) is 0 Å². The van der Waals surface area contributed by atoms with Crippen molar-refractivity contribution in [2.75, 3.05) is 39.3 Å². The Morgan fingerprint density at radius 1 is 1.21 bits per heavy atom. The minimum atomic E-state index is 0.0189. The van der Waals surface area contributed by atoms with E-state index in [1.165, 1.54) is 0 Å². The minimum absolute atomic E-state index is 0.0189. The van der Waals surface area contributed by atoms with E-state index >= 15 is 0 Å². The third-order valence-corrected chi connectivity index (χ3v) is 3.53. The number of aliphatic hydroxyl groups is 1. The lowest BCUT2D eigenvalue weighted by Gasteiger charge is -2.33. The van der Waals surface area contributed by atoms with Gasteiger partial charge in [-0.2, -0.15) is 0 Å². The second kappa shape index (κ2) is 6.03. The van der Waals surface area contributed by atoms with Crippen LogP contribution in [0.5, 0.6) is 0 Å². The third kappa shape index (κ3) is 4.03. The largest absolute Gasteiger partial charge is 0.444 e. The molecule has 108 valence electrons. The summed E-state index contributed by atoms with van der Waals surface area (Å²) < 4.78 is 5.82. The van der Waals surface area contributed by atoms with Crippen LogP contribution in [0.25, 0.3) is 0 Å². The first-order valence-electron chi connectivity index (χ1n) is 7.00. The van der Waals surface area contributed by atoms with Crippen molar-refractivity contribution in [3.8, 4) is 0 Å². The second-order valence-electron chi connectivity index (χ2n) is 6.21. The molecule has 1 aliphatic heterocycles. The molecule has 19 heavy (non-hydrogen) atoms. The first-order chi connectivity index (χ1) is 8.99. The molecule has 1 aliphatic rings. The predicted molar refractivity (Wildman–Crippen MR) is 74.0 cm³/mol. The number of rotatable bonds is 4. The lowest BCUT2D eigenvalue weighted by molar-refractivity contribution is 0.102. The first-order valence-corrected chi connectivity index (χ1v) is 7.00. The molecule has 1 aromatic heterocycles. The van der Waals surface area contributed by atoms with Crippen molar-refractivity contribution in [1.82, 2.24) is 14.8 Å². The molecule has 5 nitrogen and oxygen atoms in total. The maximum atomic E-state index is 8.92. The fourth-order valence-electron chi connectivity index (χ4n) is 2.23. The number of oxazole rings is 1. The molecule has 0 aliphatic carbocycles. The van der Waals surface area contributed by atoms with Crippen molar-refractivity contribution in [2.45, 2.75) is 32.7 Å². The fraction of sp³-hybridized carbons (Fsp3) is 0.786. The molecule has 0 atom stereocenters. The topological polar surface area (TPSA) is 52.7 Å². The van der Waals surface area contributed by atoms with E-state index in [0.29, 0.717) is 0 Å². The number of aromatic nitrogens is 1. The SMILES string of the molecule is CC(C)(C)c1cnc(CN2CCN(CCO)CC2)o1.